The van der Waals surface area contributed by atoms with E-state index in [1.165, 1.54) is 55.3 Å². The molecule has 52 heavy (non-hydrogen) atoms. The molecular weight excluding hydrogens is 633 g/mol. The molecule has 1 aromatic heterocycles. The van der Waals surface area contributed by atoms with Crippen molar-refractivity contribution in [3.05, 3.63) is 168 Å². The minimum atomic E-state index is -0.117. The molecule has 0 aliphatic heterocycles. The Morgan fingerprint density at radius 3 is 1.65 bits per heavy atom. The molecule has 11 rings (SSSR count). The van der Waals surface area contributed by atoms with E-state index < -0.39 is 0 Å². The molecule has 0 radical (unpaired) electrons. The summed E-state index contributed by atoms with van der Waals surface area (Å²) in [6.07, 6.45) is 0. The van der Waals surface area contributed by atoms with Crippen LogP contribution in [0.2, 0.25) is 0 Å². The van der Waals surface area contributed by atoms with Gasteiger partial charge in [0, 0.05) is 49.7 Å². The van der Waals surface area contributed by atoms with Gasteiger partial charge in [0.05, 0.1) is 5.69 Å². The minimum absolute atomic E-state index is 0.117. The number of fused-ring (bicyclic) bond motifs is 9. The predicted octanol–water partition coefficient (Wildman–Crippen LogP) is 13.2. The lowest BCUT2D eigenvalue weighted by Gasteiger charge is -2.30. The fraction of sp³-hybridized carbons (Fsp3) is 0.122. The van der Waals surface area contributed by atoms with Crippen LogP contribution in [0.5, 0.6) is 0 Å². The van der Waals surface area contributed by atoms with E-state index in [0.717, 1.165) is 45.2 Å². The SMILES string of the molecule is CC1(C)c2ccccc2-c2ccc(N(c3ccc4c(c3)C(C)(C)c3ccccc3-4)c3ccc4c5c(cccc35)-c3nc(-c5ccccc5)oc3-4)cc21. The van der Waals surface area contributed by atoms with Gasteiger partial charge in [0.2, 0.25) is 5.89 Å². The fourth-order valence-corrected chi connectivity index (χ4v) is 9.45. The molecule has 0 amide bonds. The van der Waals surface area contributed by atoms with E-state index >= 15 is 0 Å². The van der Waals surface area contributed by atoms with Gasteiger partial charge in [-0.05, 0) is 93.0 Å². The molecule has 0 bridgehead atoms. The first-order valence-electron chi connectivity index (χ1n) is 18.2. The first kappa shape index (κ1) is 29.5. The van der Waals surface area contributed by atoms with Crippen molar-refractivity contribution in [3.63, 3.8) is 0 Å². The number of rotatable bonds is 4. The van der Waals surface area contributed by atoms with E-state index in [2.05, 4.69) is 160 Å². The molecule has 3 aliphatic carbocycles. The van der Waals surface area contributed by atoms with E-state index in [4.69, 9.17) is 9.40 Å². The summed E-state index contributed by atoms with van der Waals surface area (Å²) in [7, 11) is 0. The van der Waals surface area contributed by atoms with Crippen LogP contribution in [0.25, 0.3) is 67.1 Å². The Labute approximate surface area is 303 Å². The van der Waals surface area contributed by atoms with Crippen LogP contribution in [0, 0.1) is 0 Å². The third-order valence-electron chi connectivity index (χ3n) is 12.1. The first-order valence-corrected chi connectivity index (χ1v) is 18.2. The summed E-state index contributed by atoms with van der Waals surface area (Å²) >= 11 is 0. The second kappa shape index (κ2) is 10.2. The highest BCUT2D eigenvalue weighted by Crippen LogP contribution is 2.55. The van der Waals surface area contributed by atoms with Crippen LogP contribution in [0.4, 0.5) is 17.1 Å². The number of nitrogens with zero attached hydrogens (tertiary/aromatic N) is 2. The predicted molar refractivity (Wildman–Crippen MR) is 214 cm³/mol. The summed E-state index contributed by atoms with van der Waals surface area (Å²) in [5.74, 6) is 1.50. The Hall–Kier alpha value is -6.19. The highest BCUT2D eigenvalue weighted by molar-refractivity contribution is 6.17. The van der Waals surface area contributed by atoms with Crippen LogP contribution in [0.15, 0.2) is 150 Å². The molecule has 0 atom stereocenters. The third-order valence-corrected chi connectivity index (χ3v) is 12.1. The van der Waals surface area contributed by atoms with Gasteiger partial charge in [-0.15, -0.1) is 0 Å². The number of aromatic nitrogens is 1. The van der Waals surface area contributed by atoms with Crippen LogP contribution in [-0.4, -0.2) is 4.98 Å². The van der Waals surface area contributed by atoms with Gasteiger partial charge in [-0.3, -0.25) is 0 Å². The molecule has 0 unspecified atom stereocenters. The summed E-state index contributed by atoms with van der Waals surface area (Å²) in [4.78, 5) is 7.54. The molecule has 0 N–H and O–H groups in total. The molecule has 0 spiro atoms. The normalized spacial score (nSPS) is 14.8. The fourth-order valence-electron chi connectivity index (χ4n) is 9.45. The largest absolute Gasteiger partial charge is 0.435 e. The van der Waals surface area contributed by atoms with Gasteiger partial charge in [-0.25, -0.2) is 4.98 Å². The summed E-state index contributed by atoms with van der Waals surface area (Å²) < 4.78 is 6.54. The van der Waals surface area contributed by atoms with Gasteiger partial charge in [0.25, 0.3) is 0 Å². The zero-order valence-electron chi connectivity index (χ0n) is 29.7. The quantitative estimate of drug-likeness (QED) is 0.187. The topological polar surface area (TPSA) is 29.3 Å². The minimum Gasteiger partial charge on any atom is -0.435 e. The van der Waals surface area contributed by atoms with E-state index in [-0.39, 0.29) is 10.8 Å². The van der Waals surface area contributed by atoms with Gasteiger partial charge >= 0.3 is 0 Å². The molecule has 1 heterocycles. The molecule has 248 valence electrons. The average molecular weight is 669 g/mol. The lowest BCUT2D eigenvalue weighted by atomic mass is 9.82. The average Bonchev–Trinajstić information content (AvgIpc) is 3.87. The lowest BCUT2D eigenvalue weighted by Crippen LogP contribution is -2.18. The number of hydrogen-bond acceptors (Lipinski definition) is 3. The van der Waals surface area contributed by atoms with Crippen LogP contribution >= 0.6 is 0 Å². The van der Waals surface area contributed by atoms with Crippen LogP contribution < -0.4 is 4.90 Å². The summed E-state index contributed by atoms with van der Waals surface area (Å²) in [6.45, 7) is 9.43. The van der Waals surface area contributed by atoms with Crippen LogP contribution in [-0.2, 0) is 10.8 Å². The third kappa shape index (κ3) is 3.83. The number of hydrogen-bond donors (Lipinski definition) is 0. The van der Waals surface area contributed by atoms with Crippen molar-refractivity contribution >= 4 is 27.8 Å². The van der Waals surface area contributed by atoms with Crippen molar-refractivity contribution in [2.24, 2.45) is 0 Å². The Bertz CT molecular complexity index is 2670. The molecule has 3 aliphatic rings. The maximum atomic E-state index is 6.54. The van der Waals surface area contributed by atoms with Crippen molar-refractivity contribution in [3.8, 4) is 56.3 Å². The van der Waals surface area contributed by atoms with Crippen molar-refractivity contribution in [1.82, 2.24) is 4.98 Å². The maximum Gasteiger partial charge on any atom is 0.227 e. The van der Waals surface area contributed by atoms with Gasteiger partial charge < -0.3 is 9.32 Å². The number of benzene rings is 7. The van der Waals surface area contributed by atoms with Crippen LogP contribution in [0.1, 0.15) is 49.9 Å². The molecular formula is C49H36N2O. The van der Waals surface area contributed by atoms with Gasteiger partial charge in [-0.2, -0.15) is 0 Å². The molecule has 7 aromatic carbocycles. The molecule has 0 fully saturated rings. The van der Waals surface area contributed by atoms with Gasteiger partial charge in [0.1, 0.15) is 5.69 Å². The maximum absolute atomic E-state index is 6.54. The smallest absolute Gasteiger partial charge is 0.227 e. The zero-order chi connectivity index (χ0) is 34.9. The summed E-state index contributed by atoms with van der Waals surface area (Å²) in [6, 6.07) is 53.2. The number of anilines is 3. The van der Waals surface area contributed by atoms with E-state index in [0.29, 0.717) is 5.89 Å². The Morgan fingerprint density at radius 2 is 1.02 bits per heavy atom. The first-order chi connectivity index (χ1) is 25.3. The summed E-state index contributed by atoms with van der Waals surface area (Å²) in [5.41, 5.74) is 18.1. The monoisotopic (exact) mass is 668 g/mol. The Kier molecular flexibility index (Phi) is 5.79. The van der Waals surface area contributed by atoms with Crippen molar-refractivity contribution in [1.29, 1.82) is 0 Å². The van der Waals surface area contributed by atoms with Gasteiger partial charge in [-0.1, -0.05) is 125 Å². The summed E-state index contributed by atoms with van der Waals surface area (Å²) in [5, 5.41) is 2.37. The molecule has 0 saturated heterocycles. The van der Waals surface area contributed by atoms with E-state index in [9.17, 15) is 0 Å². The lowest BCUT2D eigenvalue weighted by molar-refractivity contribution is 0.590. The molecule has 3 heteroatoms. The highest BCUT2D eigenvalue weighted by Gasteiger charge is 2.38. The second-order valence-electron chi connectivity index (χ2n) is 15.6. The zero-order valence-corrected chi connectivity index (χ0v) is 29.7. The molecule has 3 nitrogen and oxygen atoms in total. The van der Waals surface area contributed by atoms with Crippen molar-refractivity contribution in [2.75, 3.05) is 4.90 Å². The van der Waals surface area contributed by atoms with Crippen LogP contribution in [0.3, 0.4) is 0 Å². The number of oxazole rings is 1. The Balaban J connectivity index is 1.13. The van der Waals surface area contributed by atoms with Crippen molar-refractivity contribution < 1.29 is 4.42 Å². The highest BCUT2D eigenvalue weighted by atomic mass is 16.4. The second-order valence-corrected chi connectivity index (χ2v) is 15.6. The van der Waals surface area contributed by atoms with E-state index in [1.54, 1.807) is 0 Å². The standard InChI is InChI=1S/C49H36N2O/c1-48(2)39-19-10-8-15-32(39)34-23-21-30(27-41(34)48)51(31-22-24-35-33-16-9-11-20-40(33)49(3,4)42(35)28-31)43-26-25-38-44-36(43)17-12-18-37(44)45-46(38)52-47(50-45)29-13-6-5-7-14-29/h5-28H,1-4H3. The van der Waals surface area contributed by atoms with Gasteiger partial charge in [0.15, 0.2) is 5.76 Å². The van der Waals surface area contributed by atoms with E-state index in [1.807, 2.05) is 18.2 Å². The van der Waals surface area contributed by atoms with Crippen molar-refractivity contribution in [2.45, 2.75) is 38.5 Å². The molecule has 8 aromatic rings. The Morgan fingerprint density at radius 1 is 0.481 bits per heavy atom. The molecule has 0 saturated carbocycles.